The molecule has 3 rings (SSSR count). The molecular weight excluding hydrogens is 334 g/mol. The number of likely N-dealkylation sites (tertiary alicyclic amines) is 1. The number of rotatable bonds is 6. The van der Waals surface area contributed by atoms with E-state index in [1.54, 1.807) is 6.26 Å². The molecule has 1 aromatic heterocycles. The lowest BCUT2D eigenvalue weighted by molar-refractivity contribution is -0.146. The Morgan fingerprint density at radius 1 is 1.38 bits per heavy atom. The van der Waals surface area contributed by atoms with Gasteiger partial charge in [-0.3, -0.25) is 9.79 Å². The maximum Gasteiger partial charge on any atom is 0.308 e. The fourth-order valence-electron chi connectivity index (χ4n) is 3.49. The summed E-state index contributed by atoms with van der Waals surface area (Å²) in [5.74, 6) is 1.75. The summed E-state index contributed by atoms with van der Waals surface area (Å²) in [5.41, 5.74) is 0. The van der Waals surface area contributed by atoms with E-state index in [2.05, 4.69) is 10.2 Å². The van der Waals surface area contributed by atoms with Gasteiger partial charge in [0.2, 0.25) is 0 Å². The number of furan rings is 1. The minimum atomic E-state index is -0.103. The van der Waals surface area contributed by atoms with E-state index in [0.29, 0.717) is 6.54 Å². The molecule has 7 heteroatoms. The van der Waals surface area contributed by atoms with Gasteiger partial charge in [0.15, 0.2) is 5.96 Å². The lowest BCUT2D eigenvalue weighted by atomic mass is 9.97. The molecule has 0 radical (unpaired) electrons. The van der Waals surface area contributed by atoms with Gasteiger partial charge in [0, 0.05) is 32.7 Å². The van der Waals surface area contributed by atoms with Gasteiger partial charge in [-0.25, -0.2) is 0 Å². The third kappa shape index (κ3) is 5.24. The zero-order chi connectivity index (χ0) is 18.2. The number of nitrogens with zero attached hydrogens (tertiary/aromatic N) is 2. The SMILES string of the molecule is COC(=O)C1CCN(C(=NCC2CCCO2)NCCc2ccco2)CC1. The highest BCUT2D eigenvalue weighted by Crippen LogP contribution is 2.19. The van der Waals surface area contributed by atoms with Crippen LogP contribution < -0.4 is 5.32 Å². The number of carbonyl (C=O) groups is 1. The van der Waals surface area contributed by atoms with Crippen LogP contribution in [0, 0.1) is 5.92 Å². The van der Waals surface area contributed by atoms with Gasteiger partial charge >= 0.3 is 5.97 Å². The first kappa shape index (κ1) is 18.8. The van der Waals surface area contributed by atoms with Gasteiger partial charge in [-0.1, -0.05) is 0 Å². The smallest absolute Gasteiger partial charge is 0.308 e. The molecule has 1 unspecified atom stereocenters. The van der Waals surface area contributed by atoms with Crippen molar-refractivity contribution in [2.75, 3.05) is 39.9 Å². The molecule has 2 fully saturated rings. The molecule has 3 heterocycles. The number of hydrogen-bond acceptors (Lipinski definition) is 5. The van der Waals surface area contributed by atoms with E-state index >= 15 is 0 Å². The van der Waals surface area contributed by atoms with Crippen LogP contribution in [-0.4, -0.2) is 62.8 Å². The maximum atomic E-state index is 11.7. The average Bonchev–Trinajstić information content (AvgIpc) is 3.38. The van der Waals surface area contributed by atoms with Crippen LogP contribution in [0.3, 0.4) is 0 Å². The molecule has 0 spiro atoms. The van der Waals surface area contributed by atoms with E-state index in [1.807, 2.05) is 12.1 Å². The predicted molar refractivity (Wildman–Crippen MR) is 98.0 cm³/mol. The third-order valence-electron chi connectivity index (χ3n) is 5.03. The first-order chi connectivity index (χ1) is 12.8. The Morgan fingerprint density at radius 3 is 2.88 bits per heavy atom. The quantitative estimate of drug-likeness (QED) is 0.472. The lowest BCUT2D eigenvalue weighted by Crippen LogP contribution is -2.47. The highest BCUT2D eigenvalue weighted by atomic mass is 16.5. The molecule has 2 aliphatic rings. The summed E-state index contributed by atoms with van der Waals surface area (Å²) in [6.07, 6.45) is 6.52. The number of piperidine rings is 1. The van der Waals surface area contributed by atoms with Crippen LogP contribution in [0.15, 0.2) is 27.8 Å². The van der Waals surface area contributed by atoms with Gasteiger partial charge in [0.25, 0.3) is 0 Å². The zero-order valence-corrected chi connectivity index (χ0v) is 15.5. The molecule has 1 aromatic rings. The van der Waals surface area contributed by atoms with Crippen molar-refractivity contribution in [3.8, 4) is 0 Å². The second-order valence-corrected chi connectivity index (χ2v) is 6.84. The van der Waals surface area contributed by atoms with Crippen molar-refractivity contribution < 1.29 is 18.7 Å². The number of methoxy groups -OCH3 is 1. The van der Waals surface area contributed by atoms with E-state index in [-0.39, 0.29) is 18.0 Å². The topological polar surface area (TPSA) is 76.3 Å². The molecule has 26 heavy (non-hydrogen) atoms. The Hall–Kier alpha value is -2.02. The molecule has 0 bridgehead atoms. The van der Waals surface area contributed by atoms with E-state index in [9.17, 15) is 4.79 Å². The molecule has 2 saturated heterocycles. The fourth-order valence-corrected chi connectivity index (χ4v) is 3.49. The highest BCUT2D eigenvalue weighted by molar-refractivity contribution is 5.80. The number of hydrogen-bond donors (Lipinski definition) is 1. The summed E-state index contributed by atoms with van der Waals surface area (Å²) in [4.78, 5) is 18.8. The third-order valence-corrected chi connectivity index (χ3v) is 5.03. The van der Waals surface area contributed by atoms with Crippen molar-refractivity contribution >= 4 is 11.9 Å². The first-order valence-corrected chi connectivity index (χ1v) is 9.51. The molecule has 0 saturated carbocycles. The van der Waals surface area contributed by atoms with Gasteiger partial charge in [0.1, 0.15) is 5.76 Å². The summed E-state index contributed by atoms with van der Waals surface area (Å²) in [6.45, 7) is 3.89. The second kappa shape index (κ2) is 9.62. The Bertz CT molecular complexity index is 574. The molecule has 1 N–H and O–H groups in total. The molecular formula is C19H29N3O4. The van der Waals surface area contributed by atoms with Crippen LogP contribution in [0.4, 0.5) is 0 Å². The minimum absolute atomic E-state index is 0.00113. The molecule has 1 atom stereocenters. The first-order valence-electron chi connectivity index (χ1n) is 9.51. The van der Waals surface area contributed by atoms with Crippen molar-refractivity contribution in [3.63, 3.8) is 0 Å². The molecule has 2 aliphatic heterocycles. The summed E-state index contributed by atoms with van der Waals surface area (Å²) in [5, 5.41) is 3.45. The van der Waals surface area contributed by atoms with Gasteiger partial charge in [0.05, 0.1) is 31.9 Å². The highest BCUT2D eigenvalue weighted by Gasteiger charge is 2.27. The van der Waals surface area contributed by atoms with Gasteiger partial charge in [-0.05, 0) is 37.8 Å². The minimum Gasteiger partial charge on any atom is -0.469 e. The predicted octanol–water partition coefficient (Wildman–Crippen LogP) is 1.83. The van der Waals surface area contributed by atoms with Gasteiger partial charge < -0.3 is 24.1 Å². The van der Waals surface area contributed by atoms with Crippen LogP contribution in [0.25, 0.3) is 0 Å². The number of nitrogens with one attached hydrogen (secondary N) is 1. The Labute approximate surface area is 154 Å². The van der Waals surface area contributed by atoms with Crippen LogP contribution in [-0.2, 0) is 20.7 Å². The molecule has 0 aliphatic carbocycles. The number of carbonyl (C=O) groups excluding carboxylic acids is 1. The van der Waals surface area contributed by atoms with Gasteiger partial charge in [-0.2, -0.15) is 0 Å². The van der Waals surface area contributed by atoms with Crippen LogP contribution in [0.2, 0.25) is 0 Å². The molecule has 0 aromatic carbocycles. The monoisotopic (exact) mass is 363 g/mol. The van der Waals surface area contributed by atoms with Gasteiger partial charge in [-0.15, -0.1) is 0 Å². The Balaban J connectivity index is 1.54. The van der Waals surface area contributed by atoms with E-state index in [0.717, 1.165) is 70.1 Å². The number of aliphatic imine (C=N–C) groups is 1. The largest absolute Gasteiger partial charge is 0.469 e. The summed E-state index contributed by atoms with van der Waals surface area (Å²) in [7, 11) is 1.46. The van der Waals surface area contributed by atoms with Crippen molar-refractivity contribution in [2.24, 2.45) is 10.9 Å². The van der Waals surface area contributed by atoms with Crippen molar-refractivity contribution in [2.45, 2.75) is 38.2 Å². The van der Waals surface area contributed by atoms with Crippen molar-refractivity contribution in [1.82, 2.24) is 10.2 Å². The average molecular weight is 363 g/mol. The van der Waals surface area contributed by atoms with E-state index < -0.39 is 0 Å². The Kier molecular flexibility index (Phi) is 6.94. The van der Waals surface area contributed by atoms with Crippen LogP contribution in [0.5, 0.6) is 0 Å². The summed E-state index contributed by atoms with van der Waals surface area (Å²) in [6, 6.07) is 3.88. The normalized spacial score (nSPS) is 21.8. The summed E-state index contributed by atoms with van der Waals surface area (Å²) >= 11 is 0. The molecule has 144 valence electrons. The number of guanidine groups is 1. The van der Waals surface area contributed by atoms with E-state index in [4.69, 9.17) is 18.9 Å². The zero-order valence-electron chi connectivity index (χ0n) is 15.5. The Morgan fingerprint density at radius 2 is 2.23 bits per heavy atom. The van der Waals surface area contributed by atoms with Crippen molar-refractivity contribution in [3.05, 3.63) is 24.2 Å². The van der Waals surface area contributed by atoms with Crippen LogP contribution in [0.1, 0.15) is 31.4 Å². The lowest BCUT2D eigenvalue weighted by Gasteiger charge is -2.33. The summed E-state index contributed by atoms with van der Waals surface area (Å²) < 4.78 is 16.0. The molecule has 0 amide bonds. The number of esters is 1. The second-order valence-electron chi connectivity index (χ2n) is 6.84. The van der Waals surface area contributed by atoms with Crippen LogP contribution >= 0.6 is 0 Å². The molecule has 7 nitrogen and oxygen atoms in total. The maximum absolute atomic E-state index is 11.7. The fraction of sp³-hybridized carbons (Fsp3) is 0.684. The standard InChI is InChI=1S/C19H29N3O4/c1-24-18(23)15-7-10-22(11-8-15)19(21-14-17-5-3-13-26-17)20-9-6-16-4-2-12-25-16/h2,4,12,15,17H,3,5-11,13-14H2,1H3,(H,20,21). The van der Waals surface area contributed by atoms with E-state index in [1.165, 1.54) is 7.11 Å². The van der Waals surface area contributed by atoms with Crippen molar-refractivity contribution in [1.29, 1.82) is 0 Å². The number of ether oxygens (including phenoxy) is 2.